The van der Waals surface area contributed by atoms with Crippen molar-refractivity contribution in [3.63, 3.8) is 0 Å². The minimum Gasteiger partial charge on any atom is -0.352 e. The third-order valence-electron chi connectivity index (χ3n) is 3.48. The molecule has 0 spiro atoms. The van der Waals surface area contributed by atoms with Crippen LogP contribution in [0.4, 0.5) is 0 Å². The molecule has 3 rings (SSSR count). The monoisotopic (exact) mass is 310 g/mol. The summed E-state index contributed by atoms with van der Waals surface area (Å²) in [5, 5.41) is 3.99. The first-order valence-corrected chi connectivity index (χ1v) is 8.19. The van der Waals surface area contributed by atoms with Gasteiger partial charge < -0.3 is 5.32 Å². The molecule has 0 saturated carbocycles. The molecule has 0 atom stereocenters. The number of thiazole rings is 1. The van der Waals surface area contributed by atoms with Crippen molar-refractivity contribution in [3.05, 3.63) is 64.7 Å². The Kier molecular flexibility index (Phi) is 4.49. The minimum absolute atomic E-state index is 0.0702. The summed E-state index contributed by atoms with van der Waals surface area (Å²) in [5.41, 5.74) is 3.36. The van der Waals surface area contributed by atoms with Gasteiger partial charge in [-0.2, -0.15) is 0 Å². The topological polar surface area (TPSA) is 42.0 Å². The number of rotatable bonds is 5. The highest BCUT2D eigenvalue weighted by Gasteiger charge is 2.07. The molecule has 1 heterocycles. The van der Waals surface area contributed by atoms with E-state index in [-0.39, 0.29) is 5.91 Å². The van der Waals surface area contributed by atoms with Crippen LogP contribution in [0, 0.1) is 6.92 Å². The zero-order chi connectivity index (χ0) is 15.4. The van der Waals surface area contributed by atoms with Crippen LogP contribution in [-0.2, 0) is 17.8 Å². The summed E-state index contributed by atoms with van der Waals surface area (Å²) in [7, 11) is 0. The predicted molar refractivity (Wildman–Crippen MR) is 91.0 cm³/mol. The molecule has 0 radical (unpaired) electrons. The summed E-state index contributed by atoms with van der Waals surface area (Å²) in [6.07, 6.45) is 1.17. The molecule has 22 heavy (non-hydrogen) atoms. The van der Waals surface area contributed by atoms with Gasteiger partial charge in [0.1, 0.15) is 0 Å². The fourth-order valence-corrected chi connectivity index (χ4v) is 3.33. The van der Waals surface area contributed by atoms with Crippen molar-refractivity contribution < 1.29 is 4.79 Å². The van der Waals surface area contributed by atoms with Crippen molar-refractivity contribution in [1.29, 1.82) is 0 Å². The minimum atomic E-state index is 0.0702. The Bertz CT molecular complexity index is 761. The van der Waals surface area contributed by atoms with Gasteiger partial charge in [-0.05, 0) is 24.6 Å². The Morgan fingerprint density at radius 3 is 2.86 bits per heavy atom. The van der Waals surface area contributed by atoms with Crippen LogP contribution >= 0.6 is 11.3 Å². The van der Waals surface area contributed by atoms with E-state index in [0.717, 1.165) is 16.1 Å². The quantitative estimate of drug-likeness (QED) is 0.777. The van der Waals surface area contributed by atoms with Crippen LogP contribution in [0.15, 0.2) is 48.5 Å². The third kappa shape index (κ3) is 3.71. The van der Waals surface area contributed by atoms with Gasteiger partial charge in [0.2, 0.25) is 5.91 Å². The van der Waals surface area contributed by atoms with Gasteiger partial charge in [0, 0.05) is 19.4 Å². The Hall–Kier alpha value is -2.20. The largest absolute Gasteiger partial charge is 0.352 e. The lowest BCUT2D eigenvalue weighted by atomic mass is 10.1. The summed E-state index contributed by atoms with van der Waals surface area (Å²) in [4.78, 5) is 16.5. The Labute approximate surface area is 134 Å². The number of carbonyl (C=O) groups is 1. The van der Waals surface area contributed by atoms with Gasteiger partial charge in [0.05, 0.1) is 15.2 Å². The number of nitrogens with zero attached hydrogens (tertiary/aromatic N) is 1. The molecular formula is C18H18N2OS. The molecule has 1 aromatic heterocycles. The number of carbonyl (C=O) groups excluding carboxylic acids is 1. The maximum Gasteiger partial charge on any atom is 0.220 e. The van der Waals surface area contributed by atoms with E-state index in [1.54, 1.807) is 11.3 Å². The first-order chi connectivity index (χ1) is 10.7. The lowest BCUT2D eigenvalue weighted by molar-refractivity contribution is -0.121. The normalized spacial score (nSPS) is 10.8. The molecule has 3 aromatic rings. The van der Waals surface area contributed by atoms with Gasteiger partial charge in [-0.15, -0.1) is 11.3 Å². The predicted octanol–water partition coefficient (Wildman–Crippen LogP) is 3.85. The molecule has 0 aliphatic carbocycles. The molecule has 0 unspecified atom stereocenters. The number of fused-ring (bicyclic) bond motifs is 1. The van der Waals surface area contributed by atoms with Gasteiger partial charge in [-0.1, -0.05) is 42.0 Å². The highest BCUT2D eigenvalue weighted by Crippen LogP contribution is 2.22. The van der Waals surface area contributed by atoms with Crippen molar-refractivity contribution in [2.45, 2.75) is 26.3 Å². The fraction of sp³-hybridized carbons (Fsp3) is 0.222. The molecule has 1 N–H and O–H groups in total. The van der Waals surface area contributed by atoms with Gasteiger partial charge >= 0.3 is 0 Å². The van der Waals surface area contributed by atoms with Crippen LogP contribution in [-0.4, -0.2) is 10.9 Å². The molecular weight excluding hydrogens is 292 g/mol. The van der Waals surface area contributed by atoms with E-state index in [4.69, 9.17) is 0 Å². The molecule has 2 aromatic carbocycles. The molecule has 0 aliphatic rings. The average molecular weight is 310 g/mol. The highest BCUT2D eigenvalue weighted by molar-refractivity contribution is 7.18. The number of hydrogen-bond acceptors (Lipinski definition) is 3. The zero-order valence-electron chi connectivity index (χ0n) is 12.5. The maximum atomic E-state index is 12.0. The van der Waals surface area contributed by atoms with E-state index in [1.807, 2.05) is 30.3 Å². The second-order valence-electron chi connectivity index (χ2n) is 5.34. The van der Waals surface area contributed by atoms with E-state index in [0.29, 0.717) is 19.4 Å². The van der Waals surface area contributed by atoms with Crippen LogP contribution in [0.3, 0.4) is 0 Å². The Morgan fingerprint density at radius 2 is 2.05 bits per heavy atom. The number of benzene rings is 2. The van der Waals surface area contributed by atoms with E-state index >= 15 is 0 Å². The second kappa shape index (κ2) is 6.71. The van der Waals surface area contributed by atoms with E-state index in [9.17, 15) is 4.79 Å². The highest BCUT2D eigenvalue weighted by atomic mass is 32.1. The fourth-order valence-electron chi connectivity index (χ4n) is 2.36. The summed E-state index contributed by atoms with van der Waals surface area (Å²) in [5.74, 6) is 0.0702. The van der Waals surface area contributed by atoms with Gasteiger partial charge in [-0.3, -0.25) is 4.79 Å². The van der Waals surface area contributed by atoms with Crippen LogP contribution in [0.5, 0.6) is 0 Å². The average Bonchev–Trinajstić information content (AvgIpc) is 2.94. The first kappa shape index (κ1) is 14.7. The van der Waals surface area contributed by atoms with Crippen molar-refractivity contribution in [2.24, 2.45) is 0 Å². The summed E-state index contributed by atoms with van der Waals surface area (Å²) in [6, 6.07) is 16.3. The zero-order valence-corrected chi connectivity index (χ0v) is 13.3. The Balaban J connectivity index is 1.51. The van der Waals surface area contributed by atoms with Gasteiger partial charge in [-0.25, -0.2) is 4.98 Å². The number of hydrogen-bond donors (Lipinski definition) is 1. The summed E-state index contributed by atoms with van der Waals surface area (Å²) in [6.45, 7) is 2.64. The van der Waals surface area contributed by atoms with E-state index in [2.05, 4.69) is 35.4 Å². The van der Waals surface area contributed by atoms with Crippen LogP contribution in [0.1, 0.15) is 22.6 Å². The number of aryl methyl sites for hydroxylation is 2. The lowest BCUT2D eigenvalue weighted by Crippen LogP contribution is -2.22. The van der Waals surface area contributed by atoms with Crippen molar-refractivity contribution >= 4 is 27.5 Å². The SMILES string of the molecule is Cc1cccc(CNC(=O)CCc2nc3ccccc3s2)c1. The molecule has 0 aliphatic heterocycles. The molecule has 0 bridgehead atoms. The molecule has 112 valence electrons. The van der Waals surface area contributed by atoms with E-state index < -0.39 is 0 Å². The summed E-state index contributed by atoms with van der Waals surface area (Å²) >= 11 is 1.66. The van der Waals surface area contributed by atoms with Crippen molar-refractivity contribution in [3.8, 4) is 0 Å². The third-order valence-corrected chi connectivity index (χ3v) is 4.57. The molecule has 3 nitrogen and oxygen atoms in total. The van der Waals surface area contributed by atoms with Crippen molar-refractivity contribution in [2.75, 3.05) is 0 Å². The van der Waals surface area contributed by atoms with Crippen LogP contribution < -0.4 is 5.32 Å². The standard InChI is InChI=1S/C18H18N2OS/c1-13-5-4-6-14(11-13)12-19-17(21)9-10-18-20-15-7-2-3-8-16(15)22-18/h2-8,11H,9-10,12H2,1H3,(H,19,21). The van der Waals surface area contributed by atoms with Gasteiger partial charge in [0.15, 0.2) is 0 Å². The number of nitrogens with one attached hydrogen (secondary N) is 1. The first-order valence-electron chi connectivity index (χ1n) is 7.37. The van der Waals surface area contributed by atoms with E-state index in [1.165, 1.54) is 10.3 Å². The van der Waals surface area contributed by atoms with Gasteiger partial charge in [0.25, 0.3) is 0 Å². The van der Waals surface area contributed by atoms with Crippen molar-refractivity contribution in [1.82, 2.24) is 10.3 Å². The summed E-state index contributed by atoms with van der Waals surface area (Å²) < 4.78 is 1.18. The smallest absolute Gasteiger partial charge is 0.220 e. The lowest BCUT2D eigenvalue weighted by Gasteiger charge is -2.05. The molecule has 4 heteroatoms. The Morgan fingerprint density at radius 1 is 1.18 bits per heavy atom. The number of para-hydroxylation sites is 1. The molecule has 0 saturated heterocycles. The molecule has 0 fully saturated rings. The van der Waals surface area contributed by atoms with Crippen LogP contribution in [0.25, 0.3) is 10.2 Å². The number of aromatic nitrogens is 1. The maximum absolute atomic E-state index is 12.0. The molecule has 1 amide bonds. The second-order valence-corrected chi connectivity index (χ2v) is 6.46. The number of amides is 1. The van der Waals surface area contributed by atoms with Crippen LogP contribution in [0.2, 0.25) is 0 Å².